The first-order valence-corrected chi connectivity index (χ1v) is 7.38. The van der Waals surface area contributed by atoms with Crippen molar-refractivity contribution in [2.75, 3.05) is 0 Å². The summed E-state index contributed by atoms with van der Waals surface area (Å²) in [5.41, 5.74) is 4.31. The number of hydrogen-bond donors (Lipinski definition) is 1. The zero-order chi connectivity index (χ0) is 15.7. The van der Waals surface area contributed by atoms with E-state index in [2.05, 4.69) is 10.3 Å². The number of pyridine rings is 1. The molecule has 0 aliphatic rings. The third-order valence-electron chi connectivity index (χ3n) is 3.88. The smallest absolute Gasteiger partial charge is 0.270 e. The van der Waals surface area contributed by atoms with Crippen molar-refractivity contribution >= 4 is 11.6 Å². The van der Waals surface area contributed by atoms with E-state index in [0.717, 1.165) is 22.5 Å². The normalized spacial score (nSPS) is 12.3. The Labute approximate surface area is 129 Å². The topological polar surface area (TPSA) is 46.4 Å². The van der Waals surface area contributed by atoms with Crippen LogP contribution in [0.5, 0.6) is 0 Å². The predicted octanol–water partition coefficient (Wildman–Crippen LogP) is 3.44. The number of nitrogens with zero attached hydrogens (tertiary/aromatic N) is 2. The summed E-state index contributed by atoms with van der Waals surface area (Å²) in [5.74, 6) is -0.105. The van der Waals surface area contributed by atoms with Crippen LogP contribution in [0.2, 0.25) is 0 Å². The molecule has 4 nitrogen and oxygen atoms in total. The number of aromatic nitrogens is 2. The Morgan fingerprint density at radius 3 is 2.59 bits per heavy atom. The van der Waals surface area contributed by atoms with Crippen molar-refractivity contribution in [3.63, 3.8) is 0 Å². The van der Waals surface area contributed by atoms with E-state index in [1.165, 1.54) is 0 Å². The van der Waals surface area contributed by atoms with Gasteiger partial charge in [0.05, 0.1) is 11.7 Å². The molecule has 0 aliphatic heterocycles. The lowest BCUT2D eigenvalue weighted by Crippen LogP contribution is -2.28. The number of fused-ring (bicyclic) bond motifs is 1. The average molecular weight is 293 g/mol. The predicted molar refractivity (Wildman–Crippen MR) is 87.0 cm³/mol. The second-order valence-electron chi connectivity index (χ2n) is 5.54. The first-order chi connectivity index (χ1) is 10.6. The van der Waals surface area contributed by atoms with Gasteiger partial charge in [-0.2, -0.15) is 0 Å². The van der Waals surface area contributed by atoms with Crippen LogP contribution in [0.3, 0.4) is 0 Å². The number of amides is 1. The standard InChI is InChI=1S/C18H19N3O/c1-12-8-7-11-21-16(14(3)19-17(12)21)18(22)20-13(2)15-9-5-4-6-10-15/h4-11,13H,1-3H3,(H,20,22). The molecule has 0 saturated carbocycles. The van der Waals surface area contributed by atoms with Crippen molar-refractivity contribution in [2.24, 2.45) is 0 Å². The Morgan fingerprint density at radius 1 is 1.14 bits per heavy atom. The zero-order valence-electron chi connectivity index (χ0n) is 13.0. The third kappa shape index (κ3) is 2.48. The van der Waals surface area contributed by atoms with Crippen LogP contribution in [0, 0.1) is 13.8 Å². The zero-order valence-corrected chi connectivity index (χ0v) is 13.0. The van der Waals surface area contributed by atoms with Crippen LogP contribution in [-0.4, -0.2) is 15.3 Å². The molecule has 22 heavy (non-hydrogen) atoms. The molecule has 0 aliphatic carbocycles. The van der Waals surface area contributed by atoms with E-state index in [-0.39, 0.29) is 11.9 Å². The largest absolute Gasteiger partial charge is 0.344 e. The highest BCUT2D eigenvalue weighted by atomic mass is 16.2. The number of hydrogen-bond acceptors (Lipinski definition) is 2. The van der Waals surface area contributed by atoms with Crippen LogP contribution in [-0.2, 0) is 0 Å². The molecule has 3 aromatic rings. The van der Waals surface area contributed by atoms with Gasteiger partial charge in [-0.1, -0.05) is 36.4 Å². The fourth-order valence-electron chi connectivity index (χ4n) is 2.68. The maximum Gasteiger partial charge on any atom is 0.270 e. The molecule has 3 rings (SSSR count). The van der Waals surface area contributed by atoms with Gasteiger partial charge < -0.3 is 5.32 Å². The summed E-state index contributed by atoms with van der Waals surface area (Å²) >= 11 is 0. The van der Waals surface area contributed by atoms with Crippen LogP contribution in [0.25, 0.3) is 5.65 Å². The number of aryl methyl sites for hydroxylation is 2. The molecular formula is C18H19N3O. The van der Waals surface area contributed by atoms with Crippen LogP contribution in [0.15, 0.2) is 48.7 Å². The molecular weight excluding hydrogens is 274 g/mol. The number of carbonyl (C=O) groups excluding carboxylic acids is 1. The van der Waals surface area contributed by atoms with Gasteiger partial charge in [0.15, 0.2) is 0 Å². The SMILES string of the molecule is Cc1nc2c(C)cccn2c1C(=O)NC(C)c1ccccc1. The Bertz CT molecular complexity index is 821. The summed E-state index contributed by atoms with van der Waals surface area (Å²) in [4.78, 5) is 17.2. The van der Waals surface area contributed by atoms with Crippen molar-refractivity contribution < 1.29 is 4.79 Å². The quantitative estimate of drug-likeness (QED) is 0.804. The molecule has 1 N–H and O–H groups in total. The Morgan fingerprint density at radius 2 is 1.86 bits per heavy atom. The van der Waals surface area contributed by atoms with Crippen molar-refractivity contribution in [1.82, 2.24) is 14.7 Å². The molecule has 2 heterocycles. The highest BCUT2D eigenvalue weighted by molar-refractivity contribution is 5.95. The molecule has 0 fully saturated rings. The molecule has 1 aromatic carbocycles. The third-order valence-corrected chi connectivity index (χ3v) is 3.88. The average Bonchev–Trinajstić information content (AvgIpc) is 2.86. The van der Waals surface area contributed by atoms with Gasteiger partial charge in [0, 0.05) is 6.20 Å². The molecule has 1 unspecified atom stereocenters. The van der Waals surface area contributed by atoms with Crippen LogP contribution in [0.4, 0.5) is 0 Å². The first kappa shape index (κ1) is 14.3. The van der Waals surface area contributed by atoms with E-state index in [4.69, 9.17) is 0 Å². The van der Waals surface area contributed by atoms with Crippen LogP contribution < -0.4 is 5.32 Å². The van der Waals surface area contributed by atoms with Crippen molar-refractivity contribution in [1.29, 1.82) is 0 Å². The maximum atomic E-state index is 12.7. The molecule has 4 heteroatoms. The molecule has 0 bridgehead atoms. The summed E-state index contributed by atoms with van der Waals surface area (Å²) in [7, 11) is 0. The van der Waals surface area contributed by atoms with Gasteiger partial charge in [-0.05, 0) is 38.0 Å². The van der Waals surface area contributed by atoms with E-state index in [1.807, 2.05) is 73.8 Å². The number of carbonyl (C=O) groups is 1. The van der Waals surface area contributed by atoms with Crippen molar-refractivity contribution in [3.05, 3.63) is 71.2 Å². The highest BCUT2D eigenvalue weighted by Gasteiger charge is 2.19. The summed E-state index contributed by atoms with van der Waals surface area (Å²) in [6.07, 6.45) is 1.88. The number of benzene rings is 1. The van der Waals surface area contributed by atoms with Gasteiger partial charge >= 0.3 is 0 Å². The Hall–Kier alpha value is -2.62. The second kappa shape index (κ2) is 5.64. The highest BCUT2D eigenvalue weighted by Crippen LogP contribution is 2.17. The summed E-state index contributed by atoms with van der Waals surface area (Å²) in [6.45, 7) is 5.85. The fourth-order valence-corrected chi connectivity index (χ4v) is 2.68. The maximum absolute atomic E-state index is 12.7. The lowest BCUT2D eigenvalue weighted by Gasteiger charge is -2.14. The summed E-state index contributed by atoms with van der Waals surface area (Å²) < 4.78 is 1.86. The molecule has 2 aromatic heterocycles. The second-order valence-corrected chi connectivity index (χ2v) is 5.54. The van der Waals surface area contributed by atoms with E-state index >= 15 is 0 Å². The lowest BCUT2D eigenvalue weighted by atomic mass is 10.1. The number of imidazole rings is 1. The fraction of sp³-hybridized carbons (Fsp3) is 0.222. The van der Waals surface area contributed by atoms with E-state index in [0.29, 0.717) is 5.69 Å². The minimum absolute atomic E-state index is 0.0524. The molecule has 0 radical (unpaired) electrons. The van der Waals surface area contributed by atoms with Gasteiger partial charge in [0.25, 0.3) is 5.91 Å². The molecule has 1 amide bonds. The minimum atomic E-state index is -0.105. The minimum Gasteiger partial charge on any atom is -0.344 e. The van der Waals surface area contributed by atoms with E-state index in [9.17, 15) is 4.79 Å². The van der Waals surface area contributed by atoms with E-state index < -0.39 is 0 Å². The van der Waals surface area contributed by atoms with Crippen LogP contribution >= 0.6 is 0 Å². The van der Waals surface area contributed by atoms with Gasteiger partial charge in [-0.15, -0.1) is 0 Å². The van der Waals surface area contributed by atoms with Crippen molar-refractivity contribution in [3.8, 4) is 0 Å². The van der Waals surface area contributed by atoms with Crippen LogP contribution in [0.1, 0.15) is 40.3 Å². The van der Waals surface area contributed by atoms with Gasteiger partial charge in [0.1, 0.15) is 11.3 Å². The van der Waals surface area contributed by atoms with Crippen molar-refractivity contribution in [2.45, 2.75) is 26.8 Å². The number of nitrogens with one attached hydrogen (secondary N) is 1. The molecule has 0 saturated heterocycles. The molecule has 1 atom stereocenters. The molecule has 112 valence electrons. The lowest BCUT2D eigenvalue weighted by molar-refractivity contribution is 0.0933. The monoisotopic (exact) mass is 293 g/mol. The summed E-state index contributed by atoms with van der Waals surface area (Å²) in [6, 6.07) is 13.8. The Balaban J connectivity index is 1.93. The van der Waals surface area contributed by atoms with Gasteiger partial charge in [-0.3, -0.25) is 9.20 Å². The first-order valence-electron chi connectivity index (χ1n) is 7.38. The van der Waals surface area contributed by atoms with E-state index in [1.54, 1.807) is 0 Å². The number of rotatable bonds is 3. The molecule has 0 spiro atoms. The van der Waals surface area contributed by atoms with Gasteiger partial charge in [-0.25, -0.2) is 4.98 Å². The Kier molecular flexibility index (Phi) is 3.67. The summed E-state index contributed by atoms with van der Waals surface area (Å²) in [5, 5.41) is 3.05. The van der Waals surface area contributed by atoms with Gasteiger partial charge in [0.2, 0.25) is 0 Å².